The number of hydrogen-bond donors (Lipinski definition) is 2. The number of ether oxygens (including phenoxy) is 1. The number of thiocarbonyl (C=S) groups is 1. The Morgan fingerprint density at radius 1 is 1.09 bits per heavy atom. The molecule has 2 N–H and O–H groups in total. The lowest BCUT2D eigenvalue weighted by Gasteiger charge is -2.36. The first kappa shape index (κ1) is 25.0. The summed E-state index contributed by atoms with van der Waals surface area (Å²) < 4.78 is 60.3. The smallest absolute Gasteiger partial charge is 0.263 e. The lowest BCUT2D eigenvalue weighted by molar-refractivity contribution is 0.0966. The standard InChI is InChI=1S/C21H21ClF4N4O2S/c1-3-29-6-8-30(9-7-29)13-5-4-11(10-12(13)22)27-21(33)28-20(31)14-15(23)17(25)19(32-2)18(26)16(14)24/h4-5,10H,3,6-9H2,1-2H3,(H2,27,28,31,33). The van der Waals surface area contributed by atoms with Crippen molar-refractivity contribution in [1.82, 2.24) is 10.2 Å². The van der Waals surface area contributed by atoms with Gasteiger partial charge in [-0.2, -0.15) is 8.78 Å². The third-order valence-corrected chi connectivity index (χ3v) is 5.75. The van der Waals surface area contributed by atoms with Crippen molar-refractivity contribution in [2.45, 2.75) is 6.92 Å². The summed E-state index contributed by atoms with van der Waals surface area (Å²) in [7, 11) is 0.834. The van der Waals surface area contributed by atoms with E-state index in [0.717, 1.165) is 45.5 Å². The van der Waals surface area contributed by atoms with Crippen LogP contribution in [-0.4, -0.2) is 55.8 Å². The molecule has 0 aromatic heterocycles. The fraction of sp³-hybridized carbons (Fsp3) is 0.333. The molecule has 0 aliphatic carbocycles. The minimum absolute atomic E-state index is 0.351. The molecule has 0 bridgehead atoms. The highest BCUT2D eigenvalue weighted by Crippen LogP contribution is 2.31. The average molecular weight is 505 g/mol. The minimum atomic E-state index is -1.90. The van der Waals surface area contributed by atoms with Crippen LogP contribution in [0, 0.1) is 23.3 Å². The third kappa shape index (κ3) is 5.31. The van der Waals surface area contributed by atoms with Crippen LogP contribution >= 0.6 is 23.8 Å². The molecule has 0 saturated carbocycles. The quantitative estimate of drug-likeness (QED) is 0.362. The predicted molar refractivity (Wildman–Crippen MR) is 122 cm³/mol. The van der Waals surface area contributed by atoms with Gasteiger partial charge in [-0.05, 0) is 37.0 Å². The topological polar surface area (TPSA) is 56.8 Å². The number of carbonyl (C=O) groups is 1. The summed E-state index contributed by atoms with van der Waals surface area (Å²) in [6.45, 7) is 6.57. The Morgan fingerprint density at radius 3 is 2.21 bits per heavy atom. The summed E-state index contributed by atoms with van der Waals surface area (Å²) >= 11 is 11.4. The highest BCUT2D eigenvalue weighted by Gasteiger charge is 2.30. The molecule has 0 atom stereocenters. The maximum Gasteiger partial charge on any atom is 0.263 e. The van der Waals surface area contributed by atoms with E-state index in [9.17, 15) is 22.4 Å². The molecule has 1 aliphatic rings. The number of benzene rings is 2. The lowest BCUT2D eigenvalue weighted by Crippen LogP contribution is -2.46. The molecule has 0 radical (unpaired) electrons. The minimum Gasteiger partial charge on any atom is -0.491 e. The third-order valence-electron chi connectivity index (χ3n) is 5.25. The fourth-order valence-corrected chi connectivity index (χ4v) is 3.97. The van der Waals surface area contributed by atoms with Gasteiger partial charge in [0.1, 0.15) is 5.56 Å². The number of likely N-dealkylation sites (N-methyl/N-ethyl adjacent to an activating group) is 1. The van der Waals surface area contributed by atoms with Crippen LogP contribution in [0.2, 0.25) is 5.02 Å². The number of nitrogens with one attached hydrogen (secondary N) is 2. The number of halogens is 5. The summed E-state index contributed by atoms with van der Waals surface area (Å²) in [4.78, 5) is 16.7. The molecule has 2 aromatic rings. The molecule has 1 fully saturated rings. The Kier molecular flexibility index (Phi) is 7.98. The van der Waals surface area contributed by atoms with Crippen LogP contribution < -0.4 is 20.3 Å². The zero-order valence-corrected chi connectivity index (χ0v) is 19.3. The van der Waals surface area contributed by atoms with E-state index in [1.165, 1.54) is 0 Å². The molecule has 0 unspecified atom stereocenters. The number of nitrogens with zero attached hydrogens (tertiary/aromatic N) is 2. The normalized spacial score (nSPS) is 14.2. The van der Waals surface area contributed by atoms with Crippen molar-refractivity contribution in [1.29, 1.82) is 0 Å². The number of amides is 1. The van der Waals surface area contributed by atoms with Crippen molar-refractivity contribution >= 4 is 46.2 Å². The molecule has 178 valence electrons. The van der Waals surface area contributed by atoms with Gasteiger partial charge in [0.05, 0.1) is 17.8 Å². The van der Waals surface area contributed by atoms with E-state index >= 15 is 0 Å². The number of methoxy groups -OCH3 is 1. The lowest BCUT2D eigenvalue weighted by atomic mass is 10.1. The molecule has 3 rings (SSSR count). The summed E-state index contributed by atoms with van der Waals surface area (Å²) in [6, 6.07) is 5.03. The highest BCUT2D eigenvalue weighted by atomic mass is 35.5. The van der Waals surface area contributed by atoms with Crippen molar-refractivity contribution in [2.24, 2.45) is 0 Å². The fourth-order valence-electron chi connectivity index (χ4n) is 3.46. The van der Waals surface area contributed by atoms with Gasteiger partial charge in [-0.3, -0.25) is 10.1 Å². The first-order valence-electron chi connectivity index (χ1n) is 9.97. The van der Waals surface area contributed by atoms with E-state index < -0.39 is 40.5 Å². The van der Waals surface area contributed by atoms with Crippen LogP contribution in [0.25, 0.3) is 0 Å². The summed E-state index contributed by atoms with van der Waals surface area (Å²) in [5.74, 6) is -10.2. The largest absolute Gasteiger partial charge is 0.491 e. The molecule has 1 aliphatic heterocycles. The molecular formula is C21H21ClF4N4O2S. The molecule has 1 heterocycles. The van der Waals surface area contributed by atoms with E-state index in [0.29, 0.717) is 10.7 Å². The zero-order valence-electron chi connectivity index (χ0n) is 17.8. The Hall–Kier alpha value is -2.63. The van der Waals surface area contributed by atoms with Gasteiger partial charge in [-0.15, -0.1) is 0 Å². The van der Waals surface area contributed by atoms with Gasteiger partial charge in [0, 0.05) is 31.9 Å². The van der Waals surface area contributed by atoms with Crippen molar-refractivity contribution in [2.75, 3.05) is 50.1 Å². The van der Waals surface area contributed by atoms with Crippen LogP contribution in [0.3, 0.4) is 0 Å². The number of carbonyl (C=O) groups excluding carboxylic acids is 1. The Morgan fingerprint density at radius 2 is 1.70 bits per heavy atom. The van der Waals surface area contributed by atoms with Crippen LogP contribution in [0.15, 0.2) is 18.2 Å². The molecular weight excluding hydrogens is 484 g/mol. The van der Waals surface area contributed by atoms with Gasteiger partial charge in [0.2, 0.25) is 11.6 Å². The second kappa shape index (κ2) is 10.5. The monoisotopic (exact) mass is 504 g/mol. The Bertz CT molecular complexity index is 1050. The predicted octanol–water partition coefficient (Wildman–Crippen LogP) is 4.17. The van der Waals surface area contributed by atoms with Crippen molar-refractivity contribution in [3.8, 4) is 5.75 Å². The highest BCUT2D eigenvalue weighted by molar-refractivity contribution is 7.80. The number of anilines is 2. The zero-order chi connectivity index (χ0) is 24.3. The van der Waals surface area contributed by atoms with E-state index in [1.54, 1.807) is 18.2 Å². The molecule has 0 spiro atoms. The van der Waals surface area contributed by atoms with Gasteiger partial charge >= 0.3 is 0 Å². The maximum absolute atomic E-state index is 14.1. The van der Waals surface area contributed by atoms with E-state index in [2.05, 4.69) is 26.8 Å². The van der Waals surface area contributed by atoms with E-state index in [1.807, 2.05) is 5.32 Å². The molecule has 1 saturated heterocycles. The van der Waals surface area contributed by atoms with Crippen LogP contribution in [0.5, 0.6) is 5.75 Å². The van der Waals surface area contributed by atoms with Gasteiger partial charge in [0.25, 0.3) is 5.91 Å². The SMILES string of the molecule is CCN1CCN(c2ccc(NC(=S)NC(=O)c3c(F)c(F)c(OC)c(F)c3F)cc2Cl)CC1. The molecule has 1 amide bonds. The van der Waals surface area contributed by atoms with Gasteiger partial charge in [-0.25, -0.2) is 8.78 Å². The Balaban J connectivity index is 1.69. The second-order valence-electron chi connectivity index (χ2n) is 7.16. The van der Waals surface area contributed by atoms with Gasteiger partial charge in [-0.1, -0.05) is 18.5 Å². The van der Waals surface area contributed by atoms with E-state index in [4.69, 9.17) is 23.8 Å². The summed E-state index contributed by atoms with van der Waals surface area (Å²) in [6.07, 6.45) is 0. The number of rotatable bonds is 5. The first-order chi connectivity index (χ1) is 15.7. The van der Waals surface area contributed by atoms with E-state index in [-0.39, 0.29) is 5.11 Å². The molecule has 12 heteroatoms. The Labute approximate surface area is 198 Å². The van der Waals surface area contributed by atoms with Gasteiger partial charge < -0.3 is 19.9 Å². The number of piperazine rings is 1. The maximum atomic E-state index is 14.1. The molecule has 6 nitrogen and oxygen atoms in total. The van der Waals surface area contributed by atoms with Crippen LogP contribution in [0.4, 0.5) is 28.9 Å². The van der Waals surface area contributed by atoms with Gasteiger partial charge in [0.15, 0.2) is 22.5 Å². The summed E-state index contributed by atoms with van der Waals surface area (Å²) in [5, 5.41) is 4.74. The number of hydrogen-bond acceptors (Lipinski definition) is 5. The van der Waals surface area contributed by atoms with Crippen molar-refractivity contribution < 1.29 is 27.1 Å². The molecule has 33 heavy (non-hydrogen) atoms. The van der Waals surface area contributed by atoms with Crippen molar-refractivity contribution in [3.05, 3.63) is 52.1 Å². The van der Waals surface area contributed by atoms with Crippen molar-refractivity contribution in [3.63, 3.8) is 0 Å². The average Bonchev–Trinajstić information content (AvgIpc) is 2.78. The first-order valence-corrected chi connectivity index (χ1v) is 10.8. The van der Waals surface area contributed by atoms with Crippen LogP contribution in [-0.2, 0) is 0 Å². The summed E-state index contributed by atoms with van der Waals surface area (Å²) in [5.41, 5.74) is -0.231. The second-order valence-corrected chi connectivity index (χ2v) is 7.98. The molecule has 2 aromatic carbocycles. The van der Waals surface area contributed by atoms with Crippen LogP contribution in [0.1, 0.15) is 17.3 Å².